The lowest BCUT2D eigenvalue weighted by Crippen LogP contribution is -2.44. The SMILES string of the molecule is CC(C)C(Cn1c(C(=O)O)cc2cnc(Cl)nc21)NC(=O)OC(C)(C)C. The molecule has 0 spiro atoms. The number of carbonyl (C=O) groups excluding carboxylic acids is 1. The molecular weight excluding hydrogens is 360 g/mol. The number of nitrogens with one attached hydrogen (secondary N) is 1. The highest BCUT2D eigenvalue weighted by Crippen LogP contribution is 2.21. The third kappa shape index (κ3) is 4.85. The summed E-state index contributed by atoms with van der Waals surface area (Å²) in [6, 6.07) is 1.12. The Kier molecular flexibility index (Phi) is 5.75. The monoisotopic (exact) mass is 382 g/mol. The van der Waals surface area contributed by atoms with Gasteiger partial charge in [-0.05, 0) is 44.4 Å². The molecule has 1 unspecified atom stereocenters. The number of fused-ring (bicyclic) bond motifs is 1. The van der Waals surface area contributed by atoms with Gasteiger partial charge in [-0.25, -0.2) is 14.6 Å². The van der Waals surface area contributed by atoms with Crippen molar-refractivity contribution in [1.82, 2.24) is 19.9 Å². The van der Waals surface area contributed by atoms with Crippen LogP contribution < -0.4 is 5.32 Å². The second-order valence-electron chi connectivity index (χ2n) is 7.36. The van der Waals surface area contributed by atoms with E-state index in [9.17, 15) is 14.7 Å². The molecule has 2 heterocycles. The van der Waals surface area contributed by atoms with E-state index in [1.807, 2.05) is 13.8 Å². The first-order valence-corrected chi connectivity index (χ1v) is 8.60. The predicted octanol–water partition coefficient (Wildman–Crippen LogP) is 3.33. The average Bonchev–Trinajstić information content (AvgIpc) is 2.82. The highest BCUT2D eigenvalue weighted by atomic mass is 35.5. The molecule has 0 saturated heterocycles. The number of carbonyl (C=O) groups is 2. The van der Waals surface area contributed by atoms with E-state index in [1.54, 1.807) is 20.8 Å². The van der Waals surface area contributed by atoms with E-state index in [1.165, 1.54) is 16.8 Å². The number of amides is 1. The van der Waals surface area contributed by atoms with Gasteiger partial charge in [0.1, 0.15) is 16.9 Å². The number of carboxylic acids is 1. The van der Waals surface area contributed by atoms with Crippen molar-refractivity contribution in [3.05, 3.63) is 23.2 Å². The van der Waals surface area contributed by atoms with Crippen molar-refractivity contribution in [2.24, 2.45) is 5.92 Å². The van der Waals surface area contributed by atoms with Gasteiger partial charge >= 0.3 is 12.1 Å². The smallest absolute Gasteiger partial charge is 0.407 e. The van der Waals surface area contributed by atoms with E-state index in [0.717, 1.165) is 0 Å². The molecule has 2 rings (SSSR count). The van der Waals surface area contributed by atoms with Crippen LogP contribution in [0, 0.1) is 5.92 Å². The highest BCUT2D eigenvalue weighted by Gasteiger charge is 2.25. The minimum atomic E-state index is -1.10. The number of hydrogen-bond acceptors (Lipinski definition) is 5. The molecule has 9 heteroatoms. The zero-order valence-corrected chi connectivity index (χ0v) is 16.2. The van der Waals surface area contributed by atoms with Gasteiger partial charge in [-0.3, -0.25) is 0 Å². The van der Waals surface area contributed by atoms with Gasteiger partial charge in [-0.15, -0.1) is 0 Å². The predicted molar refractivity (Wildman–Crippen MR) is 97.5 cm³/mol. The minimum Gasteiger partial charge on any atom is -0.477 e. The zero-order valence-electron chi connectivity index (χ0n) is 15.4. The van der Waals surface area contributed by atoms with Crippen LogP contribution in [0.15, 0.2) is 12.3 Å². The Morgan fingerprint density at radius 2 is 2.04 bits per heavy atom. The number of hydrogen-bond donors (Lipinski definition) is 2. The van der Waals surface area contributed by atoms with Crippen LogP contribution in [-0.2, 0) is 11.3 Å². The lowest BCUT2D eigenvalue weighted by molar-refractivity contribution is 0.0484. The van der Waals surface area contributed by atoms with Crippen molar-refractivity contribution in [2.75, 3.05) is 0 Å². The van der Waals surface area contributed by atoms with Gasteiger partial charge in [0.25, 0.3) is 0 Å². The fourth-order valence-electron chi connectivity index (χ4n) is 2.46. The summed E-state index contributed by atoms with van der Waals surface area (Å²) in [5.41, 5.74) is -0.175. The molecule has 1 atom stereocenters. The van der Waals surface area contributed by atoms with Crippen molar-refractivity contribution in [3.8, 4) is 0 Å². The summed E-state index contributed by atoms with van der Waals surface area (Å²) in [6.45, 7) is 9.38. The third-order valence-corrected chi connectivity index (χ3v) is 3.89. The Labute approximate surface area is 156 Å². The number of alkyl carbamates (subject to hydrolysis) is 1. The van der Waals surface area contributed by atoms with Crippen LogP contribution in [0.2, 0.25) is 5.28 Å². The Morgan fingerprint density at radius 3 is 2.58 bits per heavy atom. The number of aromatic nitrogens is 3. The molecule has 0 bridgehead atoms. The summed E-state index contributed by atoms with van der Waals surface area (Å²) in [4.78, 5) is 31.8. The molecule has 0 aliphatic carbocycles. The van der Waals surface area contributed by atoms with Crippen LogP contribution in [0.3, 0.4) is 0 Å². The number of ether oxygens (including phenoxy) is 1. The van der Waals surface area contributed by atoms with Crippen molar-refractivity contribution in [2.45, 2.75) is 52.8 Å². The van der Waals surface area contributed by atoms with Crippen LogP contribution in [0.1, 0.15) is 45.1 Å². The fraction of sp³-hybridized carbons (Fsp3) is 0.529. The van der Waals surface area contributed by atoms with E-state index in [-0.39, 0.29) is 29.5 Å². The summed E-state index contributed by atoms with van der Waals surface area (Å²) in [5, 5.41) is 12.9. The number of aromatic carboxylic acids is 1. The van der Waals surface area contributed by atoms with Gasteiger partial charge in [-0.2, -0.15) is 4.98 Å². The van der Waals surface area contributed by atoms with E-state index < -0.39 is 17.7 Å². The van der Waals surface area contributed by atoms with E-state index in [4.69, 9.17) is 16.3 Å². The van der Waals surface area contributed by atoms with Gasteiger partial charge in [0.2, 0.25) is 5.28 Å². The third-order valence-electron chi connectivity index (χ3n) is 3.71. The molecular formula is C17H23ClN4O4. The van der Waals surface area contributed by atoms with Crippen LogP contribution >= 0.6 is 11.6 Å². The van der Waals surface area contributed by atoms with E-state index >= 15 is 0 Å². The lowest BCUT2D eigenvalue weighted by Gasteiger charge is -2.26. The number of rotatable bonds is 5. The first-order chi connectivity index (χ1) is 12.0. The minimum absolute atomic E-state index is 0.0231. The van der Waals surface area contributed by atoms with Crippen LogP contribution in [0.4, 0.5) is 4.79 Å². The number of halogens is 1. The summed E-state index contributed by atoms with van der Waals surface area (Å²) in [6.07, 6.45) is 0.913. The van der Waals surface area contributed by atoms with Crippen molar-refractivity contribution < 1.29 is 19.4 Å². The van der Waals surface area contributed by atoms with Gasteiger partial charge in [0.05, 0.1) is 6.04 Å². The van der Waals surface area contributed by atoms with Gasteiger partial charge in [-0.1, -0.05) is 13.8 Å². The van der Waals surface area contributed by atoms with Crippen LogP contribution in [-0.4, -0.2) is 43.3 Å². The standard InChI is InChI=1S/C17H23ClN4O4/c1-9(2)11(20-16(25)26-17(3,4)5)8-22-12(14(23)24)6-10-7-19-15(18)21-13(10)22/h6-7,9,11H,8H2,1-5H3,(H,20,25)(H,23,24). The van der Waals surface area contributed by atoms with Crippen molar-refractivity contribution >= 4 is 34.7 Å². The Morgan fingerprint density at radius 1 is 1.38 bits per heavy atom. The second-order valence-corrected chi connectivity index (χ2v) is 7.70. The number of nitrogens with zero attached hydrogens (tertiary/aromatic N) is 3. The van der Waals surface area contributed by atoms with Crippen molar-refractivity contribution in [3.63, 3.8) is 0 Å². The summed E-state index contributed by atoms with van der Waals surface area (Å²) >= 11 is 5.86. The maximum absolute atomic E-state index is 12.1. The maximum Gasteiger partial charge on any atom is 0.407 e. The topological polar surface area (TPSA) is 106 Å². The molecule has 8 nitrogen and oxygen atoms in total. The molecule has 2 aromatic heterocycles. The second kappa shape index (κ2) is 7.49. The van der Waals surface area contributed by atoms with Crippen molar-refractivity contribution in [1.29, 1.82) is 0 Å². The van der Waals surface area contributed by atoms with E-state index in [0.29, 0.717) is 11.0 Å². The molecule has 0 radical (unpaired) electrons. The van der Waals surface area contributed by atoms with Gasteiger partial charge < -0.3 is 19.7 Å². The molecule has 26 heavy (non-hydrogen) atoms. The molecule has 0 aliphatic heterocycles. The quantitative estimate of drug-likeness (QED) is 0.768. The van der Waals surface area contributed by atoms with Crippen LogP contribution in [0.25, 0.3) is 11.0 Å². The lowest BCUT2D eigenvalue weighted by atomic mass is 10.0. The van der Waals surface area contributed by atoms with Gasteiger partial charge in [0, 0.05) is 18.1 Å². The normalized spacial score (nSPS) is 13.0. The molecule has 2 aromatic rings. The largest absolute Gasteiger partial charge is 0.477 e. The number of carboxylic acid groups (broad SMARTS) is 1. The average molecular weight is 383 g/mol. The fourth-order valence-corrected chi connectivity index (χ4v) is 2.59. The summed E-state index contributed by atoms with van der Waals surface area (Å²) < 4.78 is 6.82. The Bertz CT molecular complexity index is 826. The molecule has 0 saturated carbocycles. The first kappa shape index (κ1) is 20.0. The Hall–Kier alpha value is -2.35. The molecule has 0 aliphatic rings. The summed E-state index contributed by atoms with van der Waals surface area (Å²) in [7, 11) is 0. The highest BCUT2D eigenvalue weighted by molar-refractivity contribution is 6.28. The molecule has 0 fully saturated rings. The molecule has 142 valence electrons. The van der Waals surface area contributed by atoms with Gasteiger partial charge in [0.15, 0.2) is 0 Å². The molecule has 2 N–H and O–H groups in total. The maximum atomic E-state index is 12.1. The summed E-state index contributed by atoms with van der Waals surface area (Å²) in [5.74, 6) is -1.07. The first-order valence-electron chi connectivity index (χ1n) is 8.22. The molecule has 1 amide bonds. The Balaban J connectivity index is 2.36. The molecule has 0 aromatic carbocycles. The van der Waals surface area contributed by atoms with Crippen LogP contribution in [0.5, 0.6) is 0 Å². The van der Waals surface area contributed by atoms with E-state index in [2.05, 4.69) is 15.3 Å². The zero-order chi connectivity index (χ0) is 19.6.